The zero-order chi connectivity index (χ0) is 15.4. The van der Waals surface area contributed by atoms with Crippen LogP contribution in [0.15, 0.2) is 47.2 Å². The van der Waals surface area contributed by atoms with Gasteiger partial charge in [-0.2, -0.15) is 0 Å². The van der Waals surface area contributed by atoms with E-state index in [0.29, 0.717) is 16.7 Å². The largest absolute Gasteiger partial charge is 0.332 e. The van der Waals surface area contributed by atoms with Crippen molar-refractivity contribution in [1.29, 1.82) is 0 Å². The molecule has 0 fully saturated rings. The number of carbonyl (C=O) groups is 1. The summed E-state index contributed by atoms with van der Waals surface area (Å²) in [5.74, 6) is -0.351. The van der Waals surface area contributed by atoms with E-state index in [1.165, 1.54) is 12.1 Å². The van der Waals surface area contributed by atoms with Gasteiger partial charge in [-0.1, -0.05) is 12.1 Å². The van der Waals surface area contributed by atoms with Gasteiger partial charge in [0.1, 0.15) is 10.4 Å². The van der Waals surface area contributed by atoms with Crippen LogP contribution in [0.2, 0.25) is 0 Å². The summed E-state index contributed by atoms with van der Waals surface area (Å²) < 4.78 is 13.6. The molecular weight excluding hydrogens is 335 g/mol. The molecule has 3 nitrogen and oxygen atoms in total. The fourth-order valence-corrected chi connectivity index (χ4v) is 2.58. The summed E-state index contributed by atoms with van der Waals surface area (Å²) >= 11 is 3.27. The minimum atomic E-state index is -0.279. The summed E-state index contributed by atoms with van der Waals surface area (Å²) in [6, 6.07) is 9.49. The number of hydrogen-bond acceptors (Lipinski definition) is 2. The second kappa shape index (κ2) is 6.80. The van der Waals surface area contributed by atoms with Crippen LogP contribution in [0, 0.1) is 5.82 Å². The third kappa shape index (κ3) is 3.67. The normalized spacial score (nSPS) is 12.0. The molecule has 0 aliphatic carbocycles. The minimum absolute atomic E-state index is 0.0718. The van der Waals surface area contributed by atoms with Crippen molar-refractivity contribution >= 4 is 21.8 Å². The van der Waals surface area contributed by atoms with Crippen LogP contribution in [0.25, 0.3) is 0 Å². The van der Waals surface area contributed by atoms with E-state index in [9.17, 15) is 9.18 Å². The summed E-state index contributed by atoms with van der Waals surface area (Å²) in [6.07, 6.45) is 1.59. The number of amides is 1. The maximum atomic E-state index is 13.0. The Balaban J connectivity index is 2.26. The Bertz CT molecular complexity index is 630. The van der Waals surface area contributed by atoms with Crippen molar-refractivity contribution in [2.75, 3.05) is 6.54 Å². The number of rotatable bonds is 4. The molecule has 0 saturated heterocycles. The van der Waals surface area contributed by atoms with Gasteiger partial charge in [0.05, 0.1) is 6.04 Å². The molecule has 0 spiro atoms. The minimum Gasteiger partial charge on any atom is -0.332 e. The second-order valence-electron chi connectivity index (χ2n) is 4.69. The maximum absolute atomic E-state index is 13.0. The molecule has 0 N–H and O–H groups in total. The lowest BCUT2D eigenvalue weighted by Gasteiger charge is -2.28. The number of carbonyl (C=O) groups excluding carboxylic acids is 1. The van der Waals surface area contributed by atoms with E-state index in [-0.39, 0.29) is 17.8 Å². The molecule has 5 heteroatoms. The molecule has 0 aliphatic heterocycles. The number of nitrogens with zero attached hydrogens (tertiary/aromatic N) is 2. The predicted molar refractivity (Wildman–Crippen MR) is 83.5 cm³/mol. The molecule has 110 valence electrons. The van der Waals surface area contributed by atoms with Crippen LogP contribution >= 0.6 is 15.9 Å². The fraction of sp³-hybridized carbons (Fsp3) is 0.250. The quantitative estimate of drug-likeness (QED) is 0.774. The average Bonchev–Trinajstić information content (AvgIpc) is 2.48. The monoisotopic (exact) mass is 350 g/mol. The van der Waals surface area contributed by atoms with Crippen LogP contribution in [0.4, 0.5) is 4.39 Å². The number of benzene rings is 1. The Kier molecular flexibility index (Phi) is 5.07. The van der Waals surface area contributed by atoms with E-state index < -0.39 is 0 Å². The van der Waals surface area contributed by atoms with Gasteiger partial charge in [-0.3, -0.25) is 4.79 Å². The zero-order valence-electron chi connectivity index (χ0n) is 11.9. The lowest BCUT2D eigenvalue weighted by Crippen LogP contribution is -2.33. The SMILES string of the molecule is CCN(C(=O)c1ccnc(Br)c1)C(C)c1ccc(F)cc1. The molecule has 0 aliphatic rings. The molecule has 1 heterocycles. The van der Waals surface area contributed by atoms with Crippen molar-refractivity contribution in [2.45, 2.75) is 19.9 Å². The molecule has 2 aromatic rings. The smallest absolute Gasteiger partial charge is 0.254 e. The van der Waals surface area contributed by atoms with E-state index in [0.717, 1.165) is 5.56 Å². The van der Waals surface area contributed by atoms with Crippen molar-refractivity contribution in [2.24, 2.45) is 0 Å². The summed E-state index contributed by atoms with van der Waals surface area (Å²) in [5, 5.41) is 0. The number of hydrogen-bond donors (Lipinski definition) is 0. The van der Waals surface area contributed by atoms with Crippen LogP contribution in [0.5, 0.6) is 0 Å². The van der Waals surface area contributed by atoms with E-state index in [1.54, 1.807) is 35.4 Å². The lowest BCUT2D eigenvalue weighted by molar-refractivity contribution is 0.0702. The molecule has 1 amide bonds. The molecule has 21 heavy (non-hydrogen) atoms. The molecule has 1 atom stereocenters. The topological polar surface area (TPSA) is 33.2 Å². The molecule has 0 bridgehead atoms. The van der Waals surface area contributed by atoms with E-state index in [2.05, 4.69) is 20.9 Å². The standard InChI is InChI=1S/C16H16BrFN2O/c1-3-20(11(2)12-4-6-14(18)7-5-12)16(21)13-8-9-19-15(17)10-13/h4-11H,3H2,1-2H3. The third-order valence-electron chi connectivity index (χ3n) is 3.39. The summed E-state index contributed by atoms with van der Waals surface area (Å²) in [6.45, 7) is 4.43. The third-order valence-corrected chi connectivity index (χ3v) is 3.83. The molecule has 1 aromatic carbocycles. The van der Waals surface area contributed by atoms with Crippen LogP contribution in [0.1, 0.15) is 35.8 Å². The van der Waals surface area contributed by atoms with E-state index in [4.69, 9.17) is 0 Å². The van der Waals surface area contributed by atoms with Gasteiger partial charge in [0, 0.05) is 18.3 Å². The van der Waals surface area contributed by atoms with Gasteiger partial charge in [0.2, 0.25) is 0 Å². The number of pyridine rings is 1. The first-order valence-electron chi connectivity index (χ1n) is 6.71. The van der Waals surface area contributed by atoms with Crippen LogP contribution in [-0.4, -0.2) is 22.3 Å². The highest BCUT2D eigenvalue weighted by atomic mass is 79.9. The number of aromatic nitrogens is 1. The molecular formula is C16H16BrFN2O. The Hall–Kier alpha value is -1.75. The van der Waals surface area contributed by atoms with Gasteiger partial charge in [-0.15, -0.1) is 0 Å². The number of halogens is 2. The Morgan fingerprint density at radius 3 is 2.57 bits per heavy atom. The van der Waals surface area contributed by atoms with Crippen LogP contribution in [0.3, 0.4) is 0 Å². The van der Waals surface area contributed by atoms with Gasteiger partial charge in [-0.25, -0.2) is 9.37 Å². The Labute approximate surface area is 131 Å². The van der Waals surface area contributed by atoms with Crippen LogP contribution in [-0.2, 0) is 0 Å². The highest BCUT2D eigenvalue weighted by Gasteiger charge is 2.21. The highest BCUT2D eigenvalue weighted by molar-refractivity contribution is 9.10. The van der Waals surface area contributed by atoms with Gasteiger partial charge in [0.15, 0.2) is 0 Å². The summed E-state index contributed by atoms with van der Waals surface area (Å²) in [7, 11) is 0. The first-order valence-corrected chi connectivity index (χ1v) is 7.50. The van der Waals surface area contributed by atoms with Crippen molar-refractivity contribution in [3.63, 3.8) is 0 Å². The first kappa shape index (κ1) is 15.6. The molecule has 1 aromatic heterocycles. The van der Waals surface area contributed by atoms with E-state index >= 15 is 0 Å². The van der Waals surface area contributed by atoms with Crippen molar-refractivity contribution in [3.05, 3.63) is 64.1 Å². The lowest BCUT2D eigenvalue weighted by atomic mass is 10.1. The average molecular weight is 351 g/mol. The summed E-state index contributed by atoms with van der Waals surface area (Å²) in [5.41, 5.74) is 1.48. The maximum Gasteiger partial charge on any atom is 0.254 e. The first-order chi connectivity index (χ1) is 10.0. The molecule has 0 radical (unpaired) electrons. The second-order valence-corrected chi connectivity index (χ2v) is 5.50. The van der Waals surface area contributed by atoms with Crippen molar-refractivity contribution in [3.8, 4) is 0 Å². The highest BCUT2D eigenvalue weighted by Crippen LogP contribution is 2.23. The molecule has 1 unspecified atom stereocenters. The van der Waals surface area contributed by atoms with E-state index in [1.807, 2.05) is 13.8 Å². The van der Waals surface area contributed by atoms with Gasteiger partial charge < -0.3 is 4.90 Å². The zero-order valence-corrected chi connectivity index (χ0v) is 13.5. The Morgan fingerprint density at radius 1 is 1.33 bits per heavy atom. The molecule has 2 rings (SSSR count). The van der Waals surface area contributed by atoms with Gasteiger partial charge in [-0.05, 0) is 59.6 Å². The van der Waals surface area contributed by atoms with Crippen LogP contribution < -0.4 is 0 Å². The van der Waals surface area contributed by atoms with Gasteiger partial charge >= 0.3 is 0 Å². The van der Waals surface area contributed by atoms with Crippen molar-refractivity contribution < 1.29 is 9.18 Å². The van der Waals surface area contributed by atoms with Gasteiger partial charge in [0.25, 0.3) is 5.91 Å². The predicted octanol–water partition coefficient (Wildman–Crippen LogP) is 4.21. The Morgan fingerprint density at radius 2 is 2.00 bits per heavy atom. The molecule has 0 saturated carbocycles. The van der Waals surface area contributed by atoms with Crippen molar-refractivity contribution in [1.82, 2.24) is 9.88 Å². The summed E-state index contributed by atoms with van der Waals surface area (Å²) in [4.78, 5) is 18.4. The fourth-order valence-electron chi connectivity index (χ4n) is 2.22.